The lowest BCUT2D eigenvalue weighted by atomic mass is 10.2. The third-order valence-electron chi connectivity index (χ3n) is 3.71. The van der Waals surface area contributed by atoms with E-state index < -0.39 is 0 Å². The summed E-state index contributed by atoms with van der Waals surface area (Å²) in [6, 6.07) is 15.2. The number of ether oxygens (including phenoxy) is 1. The molecule has 1 amide bonds. The molecule has 0 atom stereocenters. The van der Waals surface area contributed by atoms with Crippen LogP contribution in [0.25, 0.3) is 5.69 Å². The Labute approximate surface area is 154 Å². The van der Waals surface area contributed by atoms with E-state index in [2.05, 4.69) is 26.2 Å². The van der Waals surface area contributed by atoms with Crippen molar-refractivity contribution in [2.24, 2.45) is 0 Å². The maximum absolute atomic E-state index is 12.6. The van der Waals surface area contributed by atoms with E-state index in [9.17, 15) is 4.79 Å². The molecule has 128 valence electrons. The van der Waals surface area contributed by atoms with Crippen molar-refractivity contribution >= 4 is 21.8 Å². The summed E-state index contributed by atoms with van der Waals surface area (Å²) in [5, 5.41) is 8.06. The topological polar surface area (TPSA) is 60.2 Å². The summed E-state index contributed by atoms with van der Waals surface area (Å²) in [6.45, 7) is 0.456. The van der Waals surface area contributed by atoms with Gasteiger partial charge in [0.15, 0.2) is 5.69 Å². The molecule has 6 nitrogen and oxygen atoms in total. The standard InChI is InChI=1S/C18H17BrN4O2/c1-22(11-13-6-5-7-14(10-13)25-2)18(24)16-12-23(21-20-16)17-9-4-3-8-15(17)19/h3-10,12H,11H2,1-2H3. The number of halogens is 1. The van der Waals surface area contributed by atoms with Gasteiger partial charge >= 0.3 is 0 Å². The van der Waals surface area contributed by atoms with Crippen LogP contribution in [0.5, 0.6) is 5.75 Å². The molecule has 0 aliphatic rings. The number of amides is 1. The average molecular weight is 401 g/mol. The van der Waals surface area contributed by atoms with Crippen LogP contribution < -0.4 is 4.74 Å². The third kappa shape index (κ3) is 3.88. The molecule has 2 aromatic carbocycles. The summed E-state index contributed by atoms with van der Waals surface area (Å²) >= 11 is 3.47. The largest absolute Gasteiger partial charge is 0.497 e. The van der Waals surface area contributed by atoms with Crippen LogP contribution in [0.15, 0.2) is 59.2 Å². The summed E-state index contributed by atoms with van der Waals surface area (Å²) in [4.78, 5) is 14.2. The zero-order chi connectivity index (χ0) is 17.8. The molecule has 0 aliphatic carbocycles. The van der Waals surface area contributed by atoms with E-state index in [1.807, 2.05) is 48.5 Å². The molecule has 7 heteroatoms. The van der Waals surface area contributed by atoms with Crippen LogP contribution in [0, 0.1) is 0 Å². The van der Waals surface area contributed by atoms with Crippen LogP contribution >= 0.6 is 15.9 Å². The molecule has 0 N–H and O–H groups in total. The Kier molecular flexibility index (Phi) is 5.14. The van der Waals surface area contributed by atoms with E-state index in [-0.39, 0.29) is 5.91 Å². The Morgan fingerprint density at radius 2 is 2.04 bits per heavy atom. The van der Waals surface area contributed by atoms with Crippen molar-refractivity contribution < 1.29 is 9.53 Å². The van der Waals surface area contributed by atoms with Crippen LogP contribution in [0.1, 0.15) is 16.1 Å². The van der Waals surface area contributed by atoms with E-state index in [0.717, 1.165) is 21.5 Å². The number of benzene rings is 2. The molecule has 0 radical (unpaired) electrons. The summed E-state index contributed by atoms with van der Waals surface area (Å²) in [5.74, 6) is 0.569. The highest BCUT2D eigenvalue weighted by Crippen LogP contribution is 2.20. The minimum atomic E-state index is -0.193. The smallest absolute Gasteiger partial charge is 0.276 e. The predicted molar refractivity (Wildman–Crippen MR) is 97.9 cm³/mol. The van der Waals surface area contributed by atoms with Gasteiger partial charge in [-0.2, -0.15) is 0 Å². The zero-order valence-electron chi connectivity index (χ0n) is 13.9. The number of hydrogen-bond acceptors (Lipinski definition) is 4. The molecule has 0 saturated heterocycles. The second kappa shape index (κ2) is 7.48. The lowest BCUT2D eigenvalue weighted by Gasteiger charge is -2.16. The van der Waals surface area contributed by atoms with Crippen LogP contribution in [0.3, 0.4) is 0 Å². The quantitative estimate of drug-likeness (QED) is 0.658. The van der Waals surface area contributed by atoms with Crippen molar-refractivity contribution in [3.63, 3.8) is 0 Å². The van der Waals surface area contributed by atoms with Crippen molar-refractivity contribution in [3.8, 4) is 11.4 Å². The minimum absolute atomic E-state index is 0.193. The van der Waals surface area contributed by atoms with Crippen molar-refractivity contribution in [1.29, 1.82) is 0 Å². The Balaban J connectivity index is 1.75. The van der Waals surface area contributed by atoms with Crippen LogP contribution in [-0.4, -0.2) is 40.0 Å². The summed E-state index contributed by atoms with van der Waals surface area (Å²) < 4.78 is 7.67. The van der Waals surface area contributed by atoms with E-state index in [1.165, 1.54) is 0 Å². The molecule has 1 heterocycles. The first kappa shape index (κ1) is 17.2. The molecule has 0 saturated carbocycles. The lowest BCUT2D eigenvalue weighted by molar-refractivity contribution is 0.0779. The second-order valence-electron chi connectivity index (χ2n) is 5.51. The van der Waals surface area contributed by atoms with Crippen LogP contribution in [-0.2, 0) is 6.54 Å². The number of rotatable bonds is 5. The number of carbonyl (C=O) groups is 1. The Morgan fingerprint density at radius 3 is 2.80 bits per heavy atom. The first-order valence-electron chi connectivity index (χ1n) is 7.64. The lowest BCUT2D eigenvalue weighted by Crippen LogP contribution is -2.26. The van der Waals surface area contributed by atoms with Crippen molar-refractivity contribution in [1.82, 2.24) is 19.9 Å². The molecule has 0 spiro atoms. The number of aromatic nitrogens is 3. The predicted octanol–water partition coefficient (Wildman–Crippen LogP) is 3.31. The van der Waals surface area contributed by atoms with Crippen molar-refractivity contribution in [2.45, 2.75) is 6.54 Å². The summed E-state index contributed by atoms with van der Waals surface area (Å²) in [5.41, 5.74) is 2.10. The van der Waals surface area contributed by atoms with Gasteiger partial charge in [-0.1, -0.05) is 29.5 Å². The van der Waals surface area contributed by atoms with Gasteiger partial charge in [-0.25, -0.2) is 4.68 Å². The summed E-state index contributed by atoms with van der Waals surface area (Å²) in [6.07, 6.45) is 1.63. The second-order valence-corrected chi connectivity index (χ2v) is 6.37. The number of para-hydroxylation sites is 1. The van der Waals surface area contributed by atoms with Crippen molar-refractivity contribution in [2.75, 3.05) is 14.2 Å². The Morgan fingerprint density at radius 1 is 1.24 bits per heavy atom. The van der Waals surface area contributed by atoms with Gasteiger partial charge in [0.05, 0.1) is 19.0 Å². The van der Waals surface area contributed by atoms with Gasteiger partial charge in [-0.3, -0.25) is 4.79 Å². The molecule has 0 fully saturated rings. The normalized spacial score (nSPS) is 10.5. The fourth-order valence-electron chi connectivity index (χ4n) is 2.43. The van der Waals surface area contributed by atoms with Crippen molar-refractivity contribution in [3.05, 3.63) is 70.5 Å². The maximum Gasteiger partial charge on any atom is 0.276 e. The van der Waals surface area contributed by atoms with Gasteiger partial charge in [0, 0.05) is 18.1 Å². The molecule has 25 heavy (non-hydrogen) atoms. The first-order valence-corrected chi connectivity index (χ1v) is 8.43. The molecular formula is C18H17BrN4O2. The van der Waals surface area contributed by atoms with Gasteiger partial charge in [-0.05, 0) is 45.8 Å². The zero-order valence-corrected chi connectivity index (χ0v) is 15.5. The minimum Gasteiger partial charge on any atom is -0.497 e. The van der Waals surface area contributed by atoms with E-state index in [1.54, 1.807) is 29.9 Å². The number of hydrogen-bond donors (Lipinski definition) is 0. The molecule has 0 aliphatic heterocycles. The van der Waals surface area contributed by atoms with E-state index >= 15 is 0 Å². The highest BCUT2D eigenvalue weighted by Gasteiger charge is 2.17. The highest BCUT2D eigenvalue weighted by atomic mass is 79.9. The molecule has 3 aromatic rings. The molecular weight excluding hydrogens is 384 g/mol. The van der Waals surface area contributed by atoms with E-state index in [4.69, 9.17) is 4.74 Å². The Bertz CT molecular complexity index is 894. The number of nitrogens with zero attached hydrogens (tertiary/aromatic N) is 4. The van der Waals surface area contributed by atoms with Crippen LogP contribution in [0.2, 0.25) is 0 Å². The third-order valence-corrected chi connectivity index (χ3v) is 4.38. The van der Waals surface area contributed by atoms with Gasteiger partial charge in [0.25, 0.3) is 5.91 Å². The van der Waals surface area contributed by atoms with Gasteiger partial charge in [0.1, 0.15) is 5.75 Å². The fourth-order valence-corrected chi connectivity index (χ4v) is 2.90. The van der Waals surface area contributed by atoms with E-state index in [0.29, 0.717) is 12.2 Å². The van der Waals surface area contributed by atoms with Crippen LogP contribution in [0.4, 0.5) is 0 Å². The monoisotopic (exact) mass is 400 g/mol. The number of carbonyl (C=O) groups excluding carboxylic acids is 1. The first-order chi connectivity index (χ1) is 12.1. The highest BCUT2D eigenvalue weighted by molar-refractivity contribution is 9.10. The SMILES string of the molecule is COc1cccc(CN(C)C(=O)c2cn(-c3ccccc3Br)nn2)c1. The Hall–Kier alpha value is -2.67. The summed E-state index contributed by atoms with van der Waals surface area (Å²) in [7, 11) is 3.35. The van der Waals surface area contributed by atoms with Gasteiger partial charge in [0.2, 0.25) is 0 Å². The number of methoxy groups -OCH3 is 1. The maximum atomic E-state index is 12.6. The fraction of sp³-hybridized carbons (Fsp3) is 0.167. The molecule has 1 aromatic heterocycles. The van der Waals surface area contributed by atoms with Gasteiger partial charge < -0.3 is 9.64 Å². The average Bonchev–Trinajstić information content (AvgIpc) is 3.11. The molecule has 0 unspecified atom stereocenters. The van der Waals surface area contributed by atoms with Gasteiger partial charge in [-0.15, -0.1) is 5.10 Å². The molecule has 3 rings (SSSR count). The molecule has 0 bridgehead atoms.